The fourth-order valence-corrected chi connectivity index (χ4v) is 4.84. The standard InChI is InChI=1S/C17H23NO5S/c1-4-5-13-6-7-14(15(10-13)22-3)23-11-16(19)18-17(2)8-9-24(20,21)12-17/h4,6-7,10H,1,5,8-9,11-12H2,2-3H3,(H,18,19)/t17-/m0/s1. The lowest BCUT2D eigenvalue weighted by molar-refractivity contribution is -0.124. The highest BCUT2D eigenvalue weighted by Crippen LogP contribution is 2.28. The Kier molecular flexibility index (Phi) is 5.54. The van der Waals surface area contributed by atoms with Crippen LogP contribution in [0.25, 0.3) is 0 Å². The normalized spacial score (nSPS) is 21.9. The summed E-state index contributed by atoms with van der Waals surface area (Å²) in [5.74, 6) is 0.711. The summed E-state index contributed by atoms with van der Waals surface area (Å²) in [4.78, 5) is 12.1. The molecule has 1 aromatic rings. The van der Waals surface area contributed by atoms with Crippen molar-refractivity contribution in [1.29, 1.82) is 0 Å². The Morgan fingerprint density at radius 2 is 2.17 bits per heavy atom. The molecule has 0 saturated carbocycles. The SMILES string of the molecule is C=CCc1ccc(OCC(=O)N[C@@]2(C)CCS(=O)(=O)C2)c(OC)c1. The second-order valence-electron chi connectivity index (χ2n) is 6.22. The van der Waals surface area contributed by atoms with Gasteiger partial charge >= 0.3 is 0 Å². The molecule has 1 amide bonds. The molecule has 6 nitrogen and oxygen atoms in total. The number of benzene rings is 1. The van der Waals surface area contributed by atoms with Gasteiger partial charge in [0, 0.05) is 0 Å². The summed E-state index contributed by atoms with van der Waals surface area (Å²) in [6.07, 6.45) is 2.92. The number of hydrogen-bond donors (Lipinski definition) is 1. The van der Waals surface area contributed by atoms with Crippen molar-refractivity contribution >= 4 is 15.7 Å². The first-order valence-electron chi connectivity index (χ1n) is 7.69. The molecule has 24 heavy (non-hydrogen) atoms. The van der Waals surface area contributed by atoms with E-state index in [-0.39, 0.29) is 24.0 Å². The van der Waals surface area contributed by atoms with Crippen LogP contribution in [0.2, 0.25) is 0 Å². The van der Waals surface area contributed by atoms with Crippen LogP contribution in [0.3, 0.4) is 0 Å². The molecule has 1 saturated heterocycles. The van der Waals surface area contributed by atoms with E-state index in [9.17, 15) is 13.2 Å². The van der Waals surface area contributed by atoms with Gasteiger partial charge in [0.05, 0.1) is 24.2 Å². The second kappa shape index (κ2) is 7.25. The van der Waals surface area contributed by atoms with Crippen molar-refractivity contribution in [3.05, 3.63) is 36.4 Å². The highest BCUT2D eigenvalue weighted by molar-refractivity contribution is 7.91. The van der Waals surface area contributed by atoms with Gasteiger partial charge in [-0.25, -0.2) is 8.42 Å². The molecule has 2 rings (SSSR count). The lowest BCUT2D eigenvalue weighted by atomic mass is 10.0. The van der Waals surface area contributed by atoms with Gasteiger partial charge in [-0.3, -0.25) is 4.79 Å². The number of nitrogens with one attached hydrogen (secondary N) is 1. The van der Waals surface area contributed by atoms with Crippen LogP contribution in [0, 0.1) is 0 Å². The maximum atomic E-state index is 12.1. The fourth-order valence-electron chi connectivity index (χ4n) is 2.75. The summed E-state index contributed by atoms with van der Waals surface area (Å²) >= 11 is 0. The predicted octanol–water partition coefficient (Wildman–Crippen LogP) is 1.50. The van der Waals surface area contributed by atoms with Gasteiger partial charge in [0.1, 0.15) is 0 Å². The summed E-state index contributed by atoms with van der Waals surface area (Å²) < 4.78 is 33.9. The third-order valence-electron chi connectivity index (χ3n) is 3.91. The summed E-state index contributed by atoms with van der Waals surface area (Å²) in [6.45, 7) is 5.23. The third-order valence-corrected chi connectivity index (χ3v) is 5.81. The minimum atomic E-state index is -3.07. The maximum Gasteiger partial charge on any atom is 0.258 e. The van der Waals surface area contributed by atoms with Crippen LogP contribution in [-0.4, -0.2) is 45.1 Å². The Bertz CT molecular complexity index is 728. The number of carbonyl (C=O) groups excluding carboxylic acids is 1. The van der Waals surface area contributed by atoms with Crippen LogP contribution >= 0.6 is 0 Å². The average molecular weight is 353 g/mol. The molecular formula is C17H23NO5S. The quantitative estimate of drug-likeness (QED) is 0.751. The molecule has 132 valence electrons. The van der Waals surface area contributed by atoms with E-state index in [1.165, 1.54) is 7.11 Å². The fraction of sp³-hybridized carbons (Fsp3) is 0.471. The molecule has 0 bridgehead atoms. The summed E-state index contributed by atoms with van der Waals surface area (Å²) in [5, 5.41) is 2.75. The van der Waals surface area contributed by atoms with Crippen LogP contribution in [0.5, 0.6) is 11.5 Å². The summed E-state index contributed by atoms with van der Waals surface area (Å²) in [7, 11) is -1.54. The lowest BCUT2D eigenvalue weighted by Gasteiger charge is -2.24. The molecule has 0 radical (unpaired) electrons. The lowest BCUT2D eigenvalue weighted by Crippen LogP contribution is -2.48. The predicted molar refractivity (Wildman–Crippen MR) is 92.2 cm³/mol. The van der Waals surface area contributed by atoms with Gasteiger partial charge in [0.2, 0.25) is 0 Å². The number of allylic oxidation sites excluding steroid dienone is 1. The van der Waals surface area contributed by atoms with E-state index in [1.807, 2.05) is 12.1 Å². The summed E-state index contributed by atoms with van der Waals surface area (Å²) in [6, 6.07) is 5.45. The Hall–Kier alpha value is -2.02. The van der Waals surface area contributed by atoms with Gasteiger partial charge in [-0.05, 0) is 37.5 Å². The number of hydrogen-bond acceptors (Lipinski definition) is 5. The van der Waals surface area contributed by atoms with Crippen LogP contribution in [-0.2, 0) is 21.1 Å². The Balaban J connectivity index is 1.95. The van der Waals surface area contributed by atoms with Crippen molar-refractivity contribution in [3.8, 4) is 11.5 Å². The molecule has 1 aromatic carbocycles. The van der Waals surface area contributed by atoms with Crippen molar-refractivity contribution in [1.82, 2.24) is 5.32 Å². The molecule has 1 fully saturated rings. The van der Waals surface area contributed by atoms with Crippen molar-refractivity contribution in [2.24, 2.45) is 0 Å². The van der Waals surface area contributed by atoms with Crippen LogP contribution < -0.4 is 14.8 Å². The molecule has 1 heterocycles. The van der Waals surface area contributed by atoms with Crippen molar-refractivity contribution in [2.75, 3.05) is 25.2 Å². The maximum absolute atomic E-state index is 12.1. The zero-order valence-corrected chi connectivity index (χ0v) is 14.8. The highest BCUT2D eigenvalue weighted by atomic mass is 32.2. The average Bonchev–Trinajstić information content (AvgIpc) is 2.79. The van der Waals surface area contributed by atoms with Crippen molar-refractivity contribution in [2.45, 2.75) is 25.3 Å². The van der Waals surface area contributed by atoms with E-state index in [0.29, 0.717) is 24.3 Å². The van der Waals surface area contributed by atoms with E-state index < -0.39 is 15.4 Å². The highest BCUT2D eigenvalue weighted by Gasteiger charge is 2.39. The largest absolute Gasteiger partial charge is 0.493 e. The zero-order chi connectivity index (χ0) is 17.8. The smallest absolute Gasteiger partial charge is 0.258 e. The van der Waals surface area contributed by atoms with Crippen molar-refractivity contribution in [3.63, 3.8) is 0 Å². The minimum absolute atomic E-state index is 0.0364. The van der Waals surface area contributed by atoms with Crippen LogP contribution in [0.4, 0.5) is 0 Å². The molecule has 0 unspecified atom stereocenters. The third kappa shape index (κ3) is 4.74. The number of methoxy groups -OCH3 is 1. The van der Waals surface area contributed by atoms with E-state index in [0.717, 1.165) is 5.56 Å². The number of amides is 1. The van der Waals surface area contributed by atoms with E-state index in [1.54, 1.807) is 19.1 Å². The molecular weight excluding hydrogens is 330 g/mol. The molecule has 1 atom stereocenters. The first-order chi connectivity index (χ1) is 11.3. The second-order valence-corrected chi connectivity index (χ2v) is 8.40. The zero-order valence-electron chi connectivity index (χ0n) is 14.0. The molecule has 0 aliphatic carbocycles. The van der Waals surface area contributed by atoms with Gasteiger partial charge < -0.3 is 14.8 Å². The monoisotopic (exact) mass is 353 g/mol. The van der Waals surface area contributed by atoms with Gasteiger partial charge in [0.15, 0.2) is 27.9 Å². The molecule has 1 N–H and O–H groups in total. The Morgan fingerprint density at radius 3 is 2.75 bits per heavy atom. The molecule has 0 spiro atoms. The number of carbonyl (C=O) groups is 1. The summed E-state index contributed by atoms with van der Waals surface area (Å²) in [5.41, 5.74) is 0.305. The molecule has 1 aliphatic heterocycles. The van der Waals surface area contributed by atoms with E-state index in [2.05, 4.69) is 11.9 Å². The van der Waals surface area contributed by atoms with Gasteiger partial charge in [-0.2, -0.15) is 0 Å². The van der Waals surface area contributed by atoms with Crippen LogP contribution in [0.1, 0.15) is 18.9 Å². The molecule has 0 aromatic heterocycles. The van der Waals surface area contributed by atoms with Gasteiger partial charge in [-0.15, -0.1) is 6.58 Å². The Morgan fingerprint density at radius 1 is 1.42 bits per heavy atom. The number of sulfone groups is 1. The van der Waals surface area contributed by atoms with Gasteiger partial charge in [0.25, 0.3) is 5.91 Å². The number of rotatable bonds is 7. The minimum Gasteiger partial charge on any atom is -0.493 e. The first-order valence-corrected chi connectivity index (χ1v) is 9.51. The molecule has 1 aliphatic rings. The van der Waals surface area contributed by atoms with Gasteiger partial charge in [-0.1, -0.05) is 12.1 Å². The topological polar surface area (TPSA) is 81.7 Å². The van der Waals surface area contributed by atoms with Crippen molar-refractivity contribution < 1.29 is 22.7 Å². The first kappa shape index (κ1) is 18.3. The van der Waals surface area contributed by atoms with E-state index >= 15 is 0 Å². The molecule has 7 heteroatoms. The number of ether oxygens (including phenoxy) is 2. The van der Waals surface area contributed by atoms with E-state index in [4.69, 9.17) is 9.47 Å². The Labute approximate surface area is 142 Å². The van der Waals surface area contributed by atoms with Crippen LogP contribution in [0.15, 0.2) is 30.9 Å².